The molecule has 0 bridgehead atoms. The summed E-state index contributed by atoms with van der Waals surface area (Å²) in [5.41, 5.74) is 0.564. The van der Waals surface area contributed by atoms with Gasteiger partial charge in [0.2, 0.25) is 0 Å². The molecule has 0 aromatic heterocycles. The third-order valence-electron chi connectivity index (χ3n) is 3.29. The highest BCUT2D eigenvalue weighted by Crippen LogP contribution is 2.25. The molecule has 0 atom stereocenters. The van der Waals surface area contributed by atoms with Crippen molar-refractivity contribution in [2.45, 2.75) is 32.3 Å². The summed E-state index contributed by atoms with van der Waals surface area (Å²) in [4.78, 5) is 0. The van der Waals surface area contributed by atoms with Gasteiger partial charge in [0.1, 0.15) is 11.9 Å². The number of benzene rings is 1. The molecular formula is C14H16FNO. The van der Waals surface area contributed by atoms with Crippen LogP contribution in [0.1, 0.15) is 36.8 Å². The first-order valence-corrected chi connectivity index (χ1v) is 6.06. The summed E-state index contributed by atoms with van der Waals surface area (Å²) in [5.74, 6) is 0.193. The smallest absolute Gasteiger partial charge is 0.146 e. The molecule has 0 radical (unpaired) electrons. The fourth-order valence-corrected chi connectivity index (χ4v) is 2.29. The van der Waals surface area contributed by atoms with Gasteiger partial charge in [-0.05, 0) is 24.8 Å². The average molecular weight is 233 g/mol. The second-order valence-electron chi connectivity index (χ2n) is 4.56. The van der Waals surface area contributed by atoms with Gasteiger partial charge in [0.05, 0.1) is 12.2 Å². The Bertz CT molecular complexity index is 419. The van der Waals surface area contributed by atoms with E-state index in [2.05, 4.69) is 0 Å². The normalized spacial score (nSPS) is 16.0. The molecule has 2 nitrogen and oxygen atoms in total. The van der Waals surface area contributed by atoms with E-state index in [9.17, 15) is 4.39 Å². The zero-order valence-corrected chi connectivity index (χ0v) is 9.79. The number of ether oxygens (including phenoxy) is 1. The predicted molar refractivity (Wildman–Crippen MR) is 62.7 cm³/mol. The van der Waals surface area contributed by atoms with Crippen LogP contribution in [0.3, 0.4) is 0 Å². The largest absolute Gasteiger partial charge is 0.376 e. The molecule has 0 heterocycles. The van der Waals surface area contributed by atoms with Gasteiger partial charge in [-0.1, -0.05) is 25.0 Å². The van der Waals surface area contributed by atoms with E-state index in [4.69, 9.17) is 10.00 Å². The van der Waals surface area contributed by atoms with E-state index in [1.54, 1.807) is 12.1 Å². The molecule has 3 heteroatoms. The van der Waals surface area contributed by atoms with Gasteiger partial charge in [0, 0.05) is 12.2 Å². The van der Waals surface area contributed by atoms with Gasteiger partial charge >= 0.3 is 0 Å². The third-order valence-corrected chi connectivity index (χ3v) is 3.29. The molecule has 0 saturated heterocycles. The molecule has 1 saturated carbocycles. The van der Waals surface area contributed by atoms with Crippen LogP contribution in [0.2, 0.25) is 0 Å². The quantitative estimate of drug-likeness (QED) is 0.798. The summed E-state index contributed by atoms with van der Waals surface area (Å²) in [6.07, 6.45) is 5.01. The van der Waals surface area contributed by atoms with E-state index in [0.29, 0.717) is 18.1 Å². The van der Waals surface area contributed by atoms with Crippen molar-refractivity contribution in [3.05, 3.63) is 35.1 Å². The van der Waals surface area contributed by atoms with Crippen LogP contribution < -0.4 is 0 Å². The summed E-state index contributed by atoms with van der Waals surface area (Å²) in [6, 6.07) is 6.68. The number of hydrogen-bond donors (Lipinski definition) is 0. The number of nitrogens with zero attached hydrogens (tertiary/aromatic N) is 1. The van der Waals surface area contributed by atoms with E-state index >= 15 is 0 Å². The first-order chi connectivity index (χ1) is 8.31. The highest BCUT2D eigenvalue weighted by atomic mass is 19.1. The Labute approximate surface area is 101 Å². The van der Waals surface area contributed by atoms with Gasteiger partial charge in [-0.2, -0.15) is 5.26 Å². The summed E-state index contributed by atoms with van der Waals surface area (Å²) in [6.45, 7) is 0.966. The summed E-state index contributed by atoms with van der Waals surface area (Å²) in [5, 5.41) is 8.71. The van der Waals surface area contributed by atoms with E-state index in [0.717, 1.165) is 0 Å². The molecule has 2 rings (SSSR count). The zero-order chi connectivity index (χ0) is 12.1. The Morgan fingerprint density at radius 3 is 2.82 bits per heavy atom. The number of nitriles is 1. The maximum absolute atomic E-state index is 13.7. The van der Waals surface area contributed by atoms with Crippen molar-refractivity contribution < 1.29 is 9.13 Å². The molecule has 1 aromatic rings. The standard InChI is InChI=1S/C14H16FNO/c15-14-12(8-16)6-3-7-13(14)10-17-9-11-4-1-2-5-11/h3,6-7,11H,1-2,4-5,9-10H2. The van der Waals surface area contributed by atoms with E-state index < -0.39 is 5.82 Å². The third kappa shape index (κ3) is 3.04. The van der Waals surface area contributed by atoms with Crippen molar-refractivity contribution in [2.24, 2.45) is 5.92 Å². The fraction of sp³-hybridized carbons (Fsp3) is 0.500. The minimum absolute atomic E-state index is 0.0898. The summed E-state index contributed by atoms with van der Waals surface area (Å²) >= 11 is 0. The molecular weight excluding hydrogens is 217 g/mol. The van der Waals surface area contributed by atoms with Gasteiger partial charge < -0.3 is 4.74 Å². The Hall–Kier alpha value is -1.40. The van der Waals surface area contributed by atoms with Crippen LogP contribution >= 0.6 is 0 Å². The van der Waals surface area contributed by atoms with Crippen LogP contribution in [0.5, 0.6) is 0 Å². The monoisotopic (exact) mass is 233 g/mol. The first kappa shape index (κ1) is 12.1. The molecule has 1 aliphatic rings. The Balaban J connectivity index is 1.88. The van der Waals surface area contributed by atoms with Crippen LogP contribution in [0.4, 0.5) is 4.39 Å². The molecule has 0 spiro atoms. The SMILES string of the molecule is N#Cc1cccc(COCC2CCCC2)c1F. The maximum atomic E-state index is 13.7. The van der Waals surface area contributed by atoms with Crippen molar-refractivity contribution in [2.75, 3.05) is 6.61 Å². The van der Waals surface area contributed by atoms with Crippen LogP contribution in [-0.4, -0.2) is 6.61 Å². The van der Waals surface area contributed by atoms with Crippen molar-refractivity contribution in [3.8, 4) is 6.07 Å². The molecule has 90 valence electrons. The molecule has 0 unspecified atom stereocenters. The molecule has 1 aliphatic carbocycles. The van der Waals surface area contributed by atoms with Crippen LogP contribution in [0.25, 0.3) is 0 Å². The second-order valence-corrected chi connectivity index (χ2v) is 4.56. The topological polar surface area (TPSA) is 33.0 Å². The second kappa shape index (κ2) is 5.79. The number of halogens is 1. The van der Waals surface area contributed by atoms with Crippen molar-refractivity contribution in [3.63, 3.8) is 0 Å². The van der Waals surface area contributed by atoms with Crippen molar-refractivity contribution in [1.29, 1.82) is 5.26 Å². The summed E-state index contributed by atoms with van der Waals surface area (Å²) in [7, 11) is 0. The van der Waals surface area contributed by atoms with E-state index in [-0.39, 0.29) is 12.2 Å². The minimum atomic E-state index is -0.443. The maximum Gasteiger partial charge on any atom is 0.146 e. The Morgan fingerprint density at radius 2 is 2.12 bits per heavy atom. The van der Waals surface area contributed by atoms with Gasteiger partial charge in [-0.3, -0.25) is 0 Å². The van der Waals surface area contributed by atoms with Gasteiger partial charge in [-0.25, -0.2) is 4.39 Å². The lowest BCUT2D eigenvalue weighted by atomic mass is 10.1. The molecule has 0 N–H and O–H groups in total. The van der Waals surface area contributed by atoms with Gasteiger partial charge in [0.15, 0.2) is 0 Å². The molecule has 17 heavy (non-hydrogen) atoms. The van der Waals surface area contributed by atoms with E-state index in [1.165, 1.54) is 31.7 Å². The molecule has 0 amide bonds. The predicted octanol–water partition coefficient (Wildman–Crippen LogP) is 3.40. The van der Waals surface area contributed by atoms with Crippen LogP contribution in [0, 0.1) is 23.1 Å². The highest BCUT2D eigenvalue weighted by molar-refractivity contribution is 5.34. The summed E-state index contributed by atoms with van der Waals surface area (Å²) < 4.78 is 19.2. The molecule has 1 fully saturated rings. The highest BCUT2D eigenvalue weighted by Gasteiger charge is 2.15. The van der Waals surface area contributed by atoms with E-state index in [1.807, 2.05) is 6.07 Å². The number of hydrogen-bond acceptors (Lipinski definition) is 2. The molecule has 1 aromatic carbocycles. The van der Waals surface area contributed by atoms with Crippen LogP contribution in [-0.2, 0) is 11.3 Å². The van der Waals surface area contributed by atoms with Gasteiger partial charge in [-0.15, -0.1) is 0 Å². The van der Waals surface area contributed by atoms with Crippen molar-refractivity contribution in [1.82, 2.24) is 0 Å². The lowest BCUT2D eigenvalue weighted by Gasteiger charge is -2.10. The lowest BCUT2D eigenvalue weighted by Crippen LogP contribution is -2.06. The Kier molecular flexibility index (Phi) is 4.11. The zero-order valence-electron chi connectivity index (χ0n) is 9.79. The Morgan fingerprint density at radius 1 is 1.35 bits per heavy atom. The molecule has 0 aliphatic heterocycles. The number of rotatable bonds is 4. The van der Waals surface area contributed by atoms with Crippen molar-refractivity contribution >= 4 is 0 Å². The average Bonchev–Trinajstić information content (AvgIpc) is 2.84. The minimum Gasteiger partial charge on any atom is -0.376 e. The van der Waals surface area contributed by atoms with Crippen LogP contribution in [0.15, 0.2) is 18.2 Å². The lowest BCUT2D eigenvalue weighted by molar-refractivity contribution is 0.0869. The van der Waals surface area contributed by atoms with Gasteiger partial charge in [0.25, 0.3) is 0 Å². The first-order valence-electron chi connectivity index (χ1n) is 6.06. The fourth-order valence-electron chi connectivity index (χ4n) is 2.29.